The highest BCUT2D eigenvalue weighted by Gasteiger charge is 2.26. The van der Waals surface area contributed by atoms with Gasteiger partial charge in [0.2, 0.25) is 0 Å². The third-order valence-corrected chi connectivity index (χ3v) is 6.71. The number of nitrogens with zero attached hydrogens (tertiary/aromatic N) is 5. The number of hydrogen-bond donors (Lipinski definition) is 1. The average Bonchev–Trinajstić information content (AvgIpc) is 3.48. The highest BCUT2D eigenvalue weighted by atomic mass is 32.1. The number of phenols is 1. The van der Waals surface area contributed by atoms with E-state index in [2.05, 4.69) is 23.8 Å². The van der Waals surface area contributed by atoms with Crippen LogP contribution in [0.15, 0.2) is 54.0 Å². The minimum atomic E-state index is 0.00840. The van der Waals surface area contributed by atoms with Crippen LogP contribution in [0.5, 0.6) is 5.75 Å². The Balaban J connectivity index is 1.46. The zero-order chi connectivity index (χ0) is 22.2. The van der Waals surface area contributed by atoms with Gasteiger partial charge < -0.3 is 14.9 Å². The summed E-state index contributed by atoms with van der Waals surface area (Å²) in [5.41, 5.74) is 3.17. The van der Waals surface area contributed by atoms with Gasteiger partial charge in [-0.25, -0.2) is 9.67 Å². The molecule has 4 heterocycles. The second-order valence-corrected chi connectivity index (χ2v) is 9.20. The Morgan fingerprint density at radius 1 is 1.09 bits per heavy atom. The standard InChI is InChI=1S/C24H25N5O2S/c1-16(2)29-23-20(15-25-29)19(14-21(26-23)22-7-4-12-32-22)24(31)28-10-8-27(9-11-28)17-5-3-6-18(30)13-17/h3-7,12-16,30H,8-11H2,1-2H3. The molecule has 1 saturated heterocycles. The highest BCUT2D eigenvalue weighted by molar-refractivity contribution is 7.13. The largest absolute Gasteiger partial charge is 0.508 e. The maximum Gasteiger partial charge on any atom is 0.254 e. The van der Waals surface area contributed by atoms with E-state index in [1.54, 1.807) is 29.7 Å². The van der Waals surface area contributed by atoms with E-state index in [-0.39, 0.29) is 17.7 Å². The minimum absolute atomic E-state index is 0.00840. The van der Waals surface area contributed by atoms with Crippen LogP contribution >= 0.6 is 11.3 Å². The van der Waals surface area contributed by atoms with E-state index in [0.29, 0.717) is 31.7 Å². The van der Waals surface area contributed by atoms with Gasteiger partial charge in [0.05, 0.1) is 27.7 Å². The van der Waals surface area contributed by atoms with Crippen LogP contribution in [-0.4, -0.2) is 56.9 Å². The quantitative estimate of drug-likeness (QED) is 0.502. The van der Waals surface area contributed by atoms with Crippen LogP contribution in [0.3, 0.4) is 0 Å². The number of phenolic OH excluding ortho intramolecular Hbond substituents is 1. The van der Waals surface area contributed by atoms with Crippen molar-refractivity contribution in [3.05, 3.63) is 59.6 Å². The lowest BCUT2D eigenvalue weighted by atomic mass is 10.1. The number of piperazine rings is 1. The summed E-state index contributed by atoms with van der Waals surface area (Å²) in [6, 6.07) is 13.3. The van der Waals surface area contributed by atoms with Gasteiger partial charge in [0.25, 0.3) is 5.91 Å². The Morgan fingerprint density at radius 3 is 2.59 bits per heavy atom. The number of pyridine rings is 1. The Bertz CT molecular complexity index is 1260. The maximum absolute atomic E-state index is 13.6. The van der Waals surface area contributed by atoms with Crippen LogP contribution < -0.4 is 4.90 Å². The molecule has 0 saturated carbocycles. The van der Waals surface area contributed by atoms with E-state index in [0.717, 1.165) is 27.3 Å². The Labute approximate surface area is 190 Å². The summed E-state index contributed by atoms with van der Waals surface area (Å²) in [5, 5.41) is 17.1. The molecule has 0 unspecified atom stereocenters. The number of thiophene rings is 1. The second-order valence-electron chi connectivity index (χ2n) is 8.25. The minimum Gasteiger partial charge on any atom is -0.508 e. The molecule has 3 aromatic heterocycles. The SMILES string of the molecule is CC(C)n1ncc2c(C(=O)N3CCN(c4cccc(O)c4)CC3)cc(-c3cccs3)nc21. The van der Waals surface area contributed by atoms with Gasteiger partial charge >= 0.3 is 0 Å². The van der Waals surface area contributed by atoms with E-state index in [9.17, 15) is 9.90 Å². The Morgan fingerprint density at radius 2 is 1.91 bits per heavy atom. The fourth-order valence-electron chi connectivity index (χ4n) is 4.15. The molecule has 0 atom stereocenters. The van der Waals surface area contributed by atoms with Gasteiger partial charge in [-0.3, -0.25) is 4.79 Å². The van der Waals surface area contributed by atoms with Crippen molar-refractivity contribution in [2.24, 2.45) is 0 Å². The normalized spacial score (nSPS) is 14.5. The van der Waals surface area contributed by atoms with Crippen molar-refractivity contribution in [1.82, 2.24) is 19.7 Å². The van der Waals surface area contributed by atoms with Crippen LogP contribution in [0, 0.1) is 0 Å². The van der Waals surface area contributed by atoms with E-state index in [1.165, 1.54) is 0 Å². The fraction of sp³-hybridized carbons (Fsp3) is 0.292. The molecule has 32 heavy (non-hydrogen) atoms. The first-order valence-corrected chi connectivity index (χ1v) is 11.6. The number of aromatic hydroxyl groups is 1. The molecular formula is C24H25N5O2S. The number of carbonyl (C=O) groups excluding carboxylic acids is 1. The van der Waals surface area contributed by atoms with E-state index in [4.69, 9.17) is 4.98 Å². The van der Waals surface area contributed by atoms with Crippen molar-refractivity contribution in [3.63, 3.8) is 0 Å². The predicted molar refractivity (Wildman–Crippen MR) is 127 cm³/mol. The molecule has 0 bridgehead atoms. The van der Waals surface area contributed by atoms with Crippen LogP contribution in [0.1, 0.15) is 30.2 Å². The average molecular weight is 448 g/mol. The number of rotatable bonds is 4. The first-order chi connectivity index (χ1) is 15.5. The smallest absolute Gasteiger partial charge is 0.254 e. The lowest BCUT2D eigenvalue weighted by Gasteiger charge is -2.36. The monoisotopic (exact) mass is 447 g/mol. The number of amides is 1. The van der Waals surface area contributed by atoms with Crippen LogP contribution in [0.4, 0.5) is 5.69 Å². The molecule has 1 aromatic carbocycles. The van der Waals surface area contributed by atoms with Gasteiger partial charge in [-0.2, -0.15) is 5.10 Å². The van der Waals surface area contributed by atoms with E-state index in [1.807, 2.05) is 45.3 Å². The number of fused-ring (bicyclic) bond motifs is 1. The first kappa shape index (κ1) is 20.5. The molecule has 7 nitrogen and oxygen atoms in total. The van der Waals surface area contributed by atoms with Crippen molar-refractivity contribution in [2.45, 2.75) is 19.9 Å². The molecule has 0 radical (unpaired) electrons. The van der Waals surface area contributed by atoms with Gasteiger partial charge in [-0.1, -0.05) is 12.1 Å². The van der Waals surface area contributed by atoms with Gasteiger partial charge in [0.1, 0.15) is 5.75 Å². The van der Waals surface area contributed by atoms with Gasteiger partial charge in [0.15, 0.2) is 5.65 Å². The summed E-state index contributed by atoms with van der Waals surface area (Å²) in [6.45, 7) is 6.79. The number of benzene rings is 1. The Kier molecular flexibility index (Phi) is 5.30. The van der Waals surface area contributed by atoms with Crippen LogP contribution in [0.25, 0.3) is 21.6 Å². The molecule has 1 N–H and O–H groups in total. The van der Waals surface area contributed by atoms with Gasteiger partial charge in [0, 0.05) is 44.0 Å². The molecule has 1 aliphatic rings. The van der Waals surface area contributed by atoms with Crippen molar-refractivity contribution >= 4 is 34.0 Å². The summed E-state index contributed by atoms with van der Waals surface area (Å²) < 4.78 is 1.88. The summed E-state index contributed by atoms with van der Waals surface area (Å²) in [5.74, 6) is 0.262. The van der Waals surface area contributed by atoms with E-state index >= 15 is 0 Å². The summed E-state index contributed by atoms with van der Waals surface area (Å²) in [7, 11) is 0. The lowest BCUT2D eigenvalue weighted by Crippen LogP contribution is -2.48. The molecule has 5 rings (SSSR count). The van der Waals surface area contributed by atoms with Crippen molar-refractivity contribution in [2.75, 3.05) is 31.1 Å². The van der Waals surface area contributed by atoms with Gasteiger partial charge in [-0.15, -0.1) is 11.3 Å². The van der Waals surface area contributed by atoms with Gasteiger partial charge in [-0.05, 0) is 43.5 Å². The number of hydrogen-bond acceptors (Lipinski definition) is 6. The summed E-state index contributed by atoms with van der Waals surface area (Å²) >= 11 is 1.61. The van der Waals surface area contributed by atoms with Crippen molar-refractivity contribution in [1.29, 1.82) is 0 Å². The maximum atomic E-state index is 13.6. The fourth-order valence-corrected chi connectivity index (χ4v) is 4.84. The molecule has 164 valence electrons. The summed E-state index contributed by atoms with van der Waals surface area (Å²) in [4.78, 5) is 23.6. The zero-order valence-electron chi connectivity index (χ0n) is 18.1. The number of carbonyl (C=O) groups is 1. The third-order valence-electron chi connectivity index (χ3n) is 5.82. The first-order valence-electron chi connectivity index (χ1n) is 10.8. The Hall–Kier alpha value is -3.39. The topological polar surface area (TPSA) is 74.5 Å². The highest BCUT2D eigenvalue weighted by Crippen LogP contribution is 2.30. The third kappa shape index (κ3) is 3.71. The molecule has 1 amide bonds. The molecule has 0 spiro atoms. The lowest BCUT2D eigenvalue weighted by molar-refractivity contribution is 0.0748. The van der Waals surface area contributed by atoms with Crippen molar-refractivity contribution in [3.8, 4) is 16.3 Å². The molecule has 8 heteroatoms. The predicted octanol–water partition coefficient (Wildman–Crippen LogP) is 4.41. The van der Waals surface area contributed by atoms with Crippen LogP contribution in [0.2, 0.25) is 0 Å². The number of aromatic nitrogens is 3. The van der Waals surface area contributed by atoms with Crippen molar-refractivity contribution < 1.29 is 9.90 Å². The molecule has 1 aliphatic heterocycles. The molecular weight excluding hydrogens is 422 g/mol. The molecule has 4 aromatic rings. The number of anilines is 1. The van der Waals surface area contributed by atoms with Crippen LogP contribution in [-0.2, 0) is 0 Å². The second kappa shape index (κ2) is 8.27. The molecule has 0 aliphatic carbocycles. The zero-order valence-corrected chi connectivity index (χ0v) is 18.9. The van der Waals surface area contributed by atoms with E-state index < -0.39 is 0 Å². The molecule has 1 fully saturated rings. The summed E-state index contributed by atoms with van der Waals surface area (Å²) in [6.07, 6.45) is 1.76.